The summed E-state index contributed by atoms with van der Waals surface area (Å²) in [6.07, 6.45) is 0.971. The van der Waals surface area contributed by atoms with Crippen LogP contribution in [0.1, 0.15) is 11.1 Å². The fraction of sp³-hybridized carbons (Fsp3) is 0.200. The van der Waals surface area contributed by atoms with Crippen LogP contribution in [0.3, 0.4) is 0 Å². The average Bonchev–Trinajstić information content (AvgIpc) is 2.32. The van der Waals surface area contributed by atoms with E-state index in [1.54, 1.807) is 12.1 Å². The van der Waals surface area contributed by atoms with Crippen LogP contribution in [0, 0.1) is 12.7 Å². The molecule has 0 atom stereocenters. The van der Waals surface area contributed by atoms with E-state index in [9.17, 15) is 4.39 Å². The molecule has 0 amide bonds. The maximum Gasteiger partial charge on any atom is 0.123 e. The second-order valence-corrected chi connectivity index (χ2v) is 4.17. The Morgan fingerprint density at radius 2 is 1.82 bits per heavy atom. The fourth-order valence-electron chi connectivity index (χ4n) is 1.79. The molecule has 2 rings (SSSR count). The summed E-state index contributed by atoms with van der Waals surface area (Å²) in [6.45, 7) is 2.95. The molecule has 88 valence electrons. The summed E-state index contributed by atoms with van der Waals surface area (Å²) in [6, 6.07) is 14.9. The van der Waals surface area contributed by atoms with Gasteiger partial charge in [0.25, 0.3) is 0 Å². The van der Waals surface area contributed by atoms with Gasteiger partial charge in [0.2, 0.25) is 0 Å². The monoisotopic (exact) mass is 229 g/mol. The third-order valence-corrected chi connectivity index (χ3v) is 2.67. The first-order chi connectivity index (χ1) is 8.24. The summed E-state index contributed by atoms with van der Waals surface area (Å²) in [5.41, 5.74) is 3.56. The number of hydrogen-bond donors (Lipinski definition) is 1. The zero-order valence-corrected chi connectivity index (χ0v) is 9.91. The molecule has 2 aromatic carbocycles. The molecular formula is C15H16FN. The van der Waals surface area contributed by atoms with E-state index >= 15 is 0 Å². The number of nitrogens with one attached hydrogen (secondary N) is 1. The molecule has 0 bridgehead atoms. The van der Waals surface area contributed by atoms with Gasteiger partial charge in [-0.3, -0.25) is 0 Å². The summed E-state index contributed by atoms with van der Waals surface area (Å²) in [7, 11) is 0. The van der Waals surface area contributed by atoms with Crippen LogP contribution in [0.5, 0.6) is 0 Å². The molecule has 0 fully saturated rings. The van der Waals surface area contributed by atoms with Crippen molar-refractivity contribution in [3.8, 4) is 0 Å². The molecule has 0 aliphatic carbocycles. The summed E-state index contributed by atoms with van der Waals surface area (Å²) in [5.74, 6) is -0.200. The molecule has 0 heterocycles. The lowest BCUT2D eigenvalue weighted by Gasteiger charge is -2.06. The smallest absolute Gasteiger partial charge is 0.123 e. The maximum absolute atomic E-state index is 12.7. The first-order valence-corrected chi connectivity index (χ1v) is 5.79. The van der Waals surface area contributed by atoms with Crippen molar-refractivity contribution in [3.05, 3.63) is 65.5 Å². The maximum atomic E-state index is 12.7. The zero-order valence-electron chi connectivity index (χ0n) is 9.91. The van der Waals surface area contributed by atoms with Crippen molar-refractivity contribution < 1.29 is 4.39 Å². The van der Waals surface area contributed by atoms with Crippen molar-refractivity contribution >= 4 is 5.69 Å². The van der Waals surface area contributed by atoms with Gasteiger partial charge in [-0.05, 0) is 43.2 Å². The van der Waals surface area contributed by atoms with Gasteiger partial charge < -0.3 is 5.32 Å². The van der Waals surface area contributed by atoms with Crippen LogP contribution in [0.15, 0.2) is 48.5 Å². The van der Waals surface area contributed by atoms with Gasteiger partial charge in [0.1, 0.15) is 5.82 Å². The molecule has 0 radical (unpaired) electrons. The predicted molar refractivity (Wildman–Crippen MR) is 69.8 cm³/mol. The summed E-state index contributed by atoms with van der Waals surface area (Å²) in [5, 5.41) is 3.27. The van der Waals surface area contributed by atoms with Crippen LogP contribution < -0.4 is 5.32 Å². The van der Waals surface area contributed by atoms with Gasteiger partial charge >= 0.3 is 0 Å². The van der Waals surface area contributed by atoms with Gasteiger partial charge in [0.15, 0.2) is 0 Å². The quantitative estimate of drug-likeness (QED) is 0.841. The Balaban J connectivity index is 1.85. The van der Waals surface area contributed by atoms with Gasteiger partial charge in [0, 0.05) is 12.2 Å². The van der Waals surface area contributed by atoms with Gasteiger partial charge in [-0.15, -0.1) is 0 Å². The number of benzene rings is 2. The lowest BCUT2D eigenvalue weighted by atomic mass is 10.1. The Labute approximate surface area is 101 Å². The van der Waals surface area contributed by atoms with Crippen LogP contribution in [0.4, 0.5) is 10.1 Å². The Hall–Kier alpha value is -1.83. The van der Waals surface area contributed by atoms with E-state index < -0.39 is 0 Å². The second kappa shape index (κ2) is 5.48. The highest BCUT2D eigenvalue weighted by atomic mass is 19.1. The minimum Gasteiger partial charge on any atom is -0.385 e. The van der Waals surface area contributed by atoms with E-state index in [-0.39, 0.29) is 5.82 Å². The van der Waals surface area contributed by atoms with Gasteiger partial charge in [-0.25, -0.2) is 4.39 Å². The Morgan fingerprint density at radius 3 is 2.53 bits per heavy atom. The fourth-order valence-corrected chi connectivity index (χ4v) is 1.79. The molecule has 17 heavy (non-hydrogen) atoms. The molecule has 1 nitrogen and oxygen atoms in total. The molecule has 0 aromatic heterocycles. The number of rotatable bonds is 4. The SMILES string of the molecule is Cc1cccc(CCNc2ccc(F)cc2)c1. The molecular weight excluding hydrogens is 213 g/mol. The second-order valence-electron chi connectivity index (χ2n) is 4.17. The van der Waals surface area contributed by atoms with E-state index in [1.165, 1.54) is 23.3 Å². The summed E-state index contributed by atoms with van der Waals surface area (Å²) >= 11 is 0. The Bertz CT molecular complexity index is 477. The predicted octanol–water partition coefficient (Wildman–Crippen LogP) is 3.79. The lowest BCUT2D eigenvalue weighted by molar-refractivity contribution is 0.628. The van der Waals surface area contributed by atoms with Crippen LogP contribution in [-0.2, 0) is 6.42 Å². The van der Waals surface area contributed by atoms with Crippen molar-refractivity contribution in [2.45, 2.75) is 13.3 Å². The largest absolute Gasteiger partial charge is 0.385 e. The van der Waals surface area contributed by atoms with Gasteiger partial charge in [-0.1, -0.05) is 29.8 Å². The minimum atomic E-state index is -0.200. The summed E-state index contributed by atoms with van der Waals surface area (Å²) < 4.78 is 12.7. The van der Waals surface area contributed by atoms with Gasteiger partial charge in [0.05, 0.1) is 0 Å². The zero-order chi connectivity index (χ0) is 12.1. The van der Waals surface area contributed by atoms with E-state index in [2.05, 4.69) is 36.5 Å². The van der Waals surface area contributed by atoms with E-state index in [0.717, 1.165) is 18.7 Å². The highest BCUT2D eigenvalue weighted by Gasteiger charge is 1.95. The standard InChI is InChI=1S/C15H16FN/c1-12-3-2-4-13(11-12)9-10-17-15-7-5-14(16)6-8-15/h2-8,11,17H,9-10H2,1H3. The minimum absolute atomic E-state index is 0.200. The summed E-state index contributed by atoms with van der Waals surface area (Å²) in [4.78, 5) is 0. The van der Waals surface area contributed by atoms with E-state index in [0.29, 0.717) is 0 Å². The Morgan fingerprint density at radius 1 is 1.06 bits per heavy atom. The van der Waals surface area contributed by atoms with Crippen molar-refractivity contribution in [3.63, 3.8) is 0 Å². The number of aryl methyl sites for hydroxylation is 1. The van der Waals surface area contributed by atoms with Crippen LogP contribution in [0.2, 0.25) is 0 Å². The molecule has 1 N–H and O–H groups in total. The first-order valence-electron chi connectivity index (χ1n) is 5.79. The normalized spacial score (nSPS) is 10.2. The Kier molecular flexibility index (Phi) is 3.76. The third kappa shape index (κ3) is 3.59. The highest BCUT2D eigenvalue weighted by Crippen LogP contribution is 2.09. The molecule has 2 aromatic rings. The third-order valence-electron chi connectivity index (χ3n) is 2.67. The van der Waals surface area contributed by atoms with Gasteiger partial charge in [-0.2, -0.15) is 0 Å². The molecule has 0 aliphatic rings. The topological polar surface area (TPSA) is 12.0 Å². The molecule has 0 spiro atoms. The number of halogens is 1. The molecule has 0 unspecified atom stereocenters. The van der Waals surface area contributed by atoms with Crippen molar-refractivity contribution in [2.24, 2.45) is 0 Å². The first kappa shape index (κ1) is 11.6. The molecule has 0 saturated carbocycles. The highest BCUT2D eigenvalue weighted by molar-refractivity contribution is 5.42. The van der Waals surface area contributed by atoms with Crippen LogP contribution in [-0.4, -0.2) is 6.54 Å². The van der Waals surface area contributed by atoms with Crippen LogP contribution in [0.25, 0.3) is 0 Å². The average molecular weight is 229 g/mol. The molecule has 0 saturated heterocycles. The van der Waals surface area contributed by atoms with Crippen LogP contribution >= 0.6 is 0 Å². The number of anilines is 1. The van der Waals surface area contributed by atoms with E-state index in [1.807, 2.05) is 0 Å². The van der Waals surface area contributed by atoms with Crippen molar-refractivity contribution in [1.82, 2.24) is 0 Å². The molecule has 2 heteroatoms. The molecule has 0 aliphatic heterocycles. The van der Waals surface area contributed by atoms with Crippen molar-refractivity contribution in [1.29, 1.82) is 0 Å². The lowest BCUT2D eigenvalue weighted by Crippen LogP contribution is -2.04. The van der Waals surface area contributed by atoms with E-state index in [4.69, 9.17) is 0 Å². The number of hydrogen-bond acceptors (Lipinski definition) is 1. The van der Waals surface area contributed by atoms with Crippen molar-refractivity contribution in [2.75, 3.05) is 11.9 Å².